The number of amides is 1. The van der Waals surface area contributed by atoms with Gasteiger partial charge < -0.3 is 15.8 Å². The maximum atomic E-state index is 12.4. The van der Waals surface area contributed by atoms with Gasteiger partial charge in [-0.1, -0.05) is 0 Å². The van der Waals surface area contributed by atoms with Gasteiger partial charge in [0.15, 0.2) is 0 Å². The fourth-order valence-electron chi connectivity index (χ4n) is 2.48. The van der Waals surface area contributed by atoms with E-state index in [1.54, 1.807) is 0 Å². The van der Waals surface area contributed by atoms with Crippen molar-refractivity contribution >= 4 is 5.91 Å². The third kappa shape index (κ3) is 4.62. The Morgan fingerprint density at radius 1 is 1.27 bits per heavy atom. The minimum atomic E-state index is -4.35. The number of ether oxygens (including phenoxy) is 1. The number of carbonyl (C=O) groups excluding carboxylic acids is 1. The number of halogens is 3. The molecule has 2 unspecified atom stereocenters. The first kappa shape index (κ1) is 16.6. The zero-order chi connectivity index (χ0) is 16.2. The number of hydrogen-bond acceptors (Lipinski definition) is 3. The molecule has 0 bridgehead atoms. The van der Waals surface area contributed by atoms with E-state index in [0.717, 1.165) is 25.0 Å². The first-order valence-electron chi connectivity index (χ1n) is 7.19. The van der Waals surface area contributed by atoms with Gasteiger partial charge in [0, 0.05) is 12.0 Å². The molecular formula is C15H19F3N2O2. The van der Waals surface area contributed by atoms with Crippen molar-refractivity contribution in [2.75, 3.05) is 13.2 Å². The van der Waals surface area contributed by atoms with E-state index in [2.05, 4.69) is 5.32 Å². The van der Waals surface area contributed by atoms with Crippen LogP contribution in [-0.4, -0.2) is 25.1 Å². The van der Waals surface area contributed by atoms with Crippen LogP contribution < -0.4 is 15.8 Å². The molecule has 1 amide bonds. The van der Waals surface area contributed by atoms with Crippen LogP contribution in [0.1, 0.15) is 24.8 Å². The number of rotatable bonds is 5. The Labute approximate surface area is 126 Å². The van der Waals surface area contributed by atoms with Crippen LogP contribution in [0.5, 0.6) is 5.75 Å². The highest BCUT2D eigenvalue weighted by atomic mass is 19.4. The lowest BCUT2D eigenvalue weighted by molar-refractivity contribution is -0.137. The summed E-state index contributed by atoms with van der Waals surface area (Å²) in [5.74, 6) is 0.259. The zero-order valence-corrected chi connectivity index (χ0v) is 12.0. The molecule has 1 fully saturated rings. The summed E-state index contributed by atoms with van der Waals surface area (Å²) in [5.41, 5.74) is 5.03. The highest BCUT2D eigenvalue weighted by molar-refractivity contribution is 5.78. The van der Waals surface area contributed by atoms with E-state index in [1.165, 1.54) is 12.1 Å². The summed E-state index contributed by atoms with van der Waals surface area (Å²) in [4.78, 5) is 11.8. The van der Waals surface area contributed by atoms with Gasteiger partial charge in [0.05, 0.1) is 12.1 Å². The summed E-state index contributed by atoms with van der Waals surface area (Å²) >= 11 is 0. The molecule has 2 rings (SSSR count). The first-order chi connectivity index (χ1) is 10.4. The van der Waals surface area contributed by atoms with E-state index in [4.69, 9.17) is 10.5 Å². The Morgan fingerprint density at radius 2 is 1.95 bits per heavy atom. The minimum Gasteiger partial charge on any atom is -0.492 e. The summed E-state index contributed by atoms with van der Waals surface area (Å²) in [6.07, 6.45) is -1.99. The predicted octanol–water partition coefficient (Wildman–Crippen LogP) is 2.33. The van der Waals surface area contributed by atoms with Crippen molar-refractivity contribution in [1.29, 1.82) is 0 Å². The average molecular weight is 316 g/mol. The molecule has 22 heavy (non-hydrogen) atoms. The number of benzene rings is 1. The van der Waals surface area contributed by atoms with Gasteiger partial charge in [-0.25, -0.2) is 0 Å². The van der Waals surface area contributed by atoms with Gasteiger partial charge in [0.25, 0.3) is 0 Å². The van der Waals surface area contributed by atoms with E-state index in [1.807, 2.05) is 0 Å². The van der Waals surface area contributed by atoms with Gasteiger partial charge in [-0.2, -0.15) is 13.2 Å². The van der Waals surface area contributed by atoms with Crippen molar-refractivity contribution in [1.82, 2.24) is 5.32 Å². The standard InChI is InChI=1S/C15H19F3N2O2/c16-15(17,18)11-2-5-13(6-3-11)22-8-7-20-14(21)10-1-4-12(19)9-10/h2-3,5-6,10,12H,1,4,7-9,19H2,(H,20,21). The Bertz CT molecular complexity index is 503. The molecule has 1 aromatic rings. The van der Waals surface area contributed by atoms with Crippen molar-refractivity contribution in [3.8, 4) is 5.75 Å². The lowest BCUT2D eigenvalue weighted by atomic mass is 10.1. The van der Waals surface area contributed by atoms with Crippen molar-refractivity contribution < 1.29 is 22.7 Å². The smallest absolute Gasteiger partial charge is 0.416 e. The van der Waals surface area contributed by atoms with E-state index in [9.17, 15) is 18.0 Å². The minimum absolute atomic E-state index is 0.0380. The Hall–Kier alpha value is -1.76. The monoisotopic (exact) mass is 316 g/mol. The topological polar surface area (TPSA) is 64.4 Å². The van der Waals surface area contributed by atoms with Crippen LogP contribution in [0.4, 0.5) is 13.2 Å². The van der Waals surface area contributed by atoms with Crippen LogP contribution in [0.2, 0.25) is 0 Å². The summed E-state index contributed by atoms with van der Waals surface area (Å²) in [5, 5.41) is 2.75. The van der Waals surface area contributed by atoms with Crippen LogP contribution >= 0.6 is 0 Å². The average Bonchev–Trinajstić information content (AvgIpc) is 2.89. The number of hydrogen-bond donors (Lipinski definition) is 2. The first-order valence-corrected chi connectivity index (χ1v) is 7.19. The third-order valence-electron chi connectivity index (χ3n) is 3.70. The van der Waals surface area contributed by atoms with Gasteiger partial charge in [-0.15, -0.1) is 0 Å². The van der Waals surface area contributed by atoms with E-state index >= 15 is 0 Å². The van der Waals surface area contributed by atoms with Gasteiger partial charge >= 0.3 is 6.18 Å². The lowest BCUT2D eigenvalue weighted by Gasteiger charge is -2.12. The molecular weight excluding hydrogens is 297 g/mol. The van der Waals surface area contributed by atoms with Crippen LogP contribution in [0.15, 0.2) is 24.3 Å². The van der Waals surface area contributed by atoms with Gasteiger partial charge in [0.2, 0.25) is 5.91 Å². The van der Waals surface area contributed by atoms with E-state index in [-0.39, 0.29) is 24.5 Å². The maximum absolute atomic E-state index is 12.4. The molecule has 1 saturated carbocycles. The summed E-state index contributed by atoms with van der Waals surface area (Å²) < 4.78 is 42.5. The van der Waals surface area contributed by atoms with Crippen LogP contribution in [0, 0.1) is 5.92 Å². The number of carbonyl (C=O) groups is 1. The van der Waals surface area contributed by atoms with E-state index in [0.29, 0.717) is 18.7 Å². The fraction of sp³-hybridized carbons (Fsp3) is 0.533. The maximum Gasteiger partial charge on any atom is 0.416 e. The highest BCUT2D eigenvalue weighted by Crippen LogP contribution is 2.30. The predicted molar refractivity (Wildman–Crippen MR) is 75.3 cm³/mol. The Kier molecular flexibility index (Phi) is 5.28. The molecule has 0 aromatic heterocycles. The lowest BCUT2D eigenvalue weighted by Crippen LogP contribution is -2.33. The molecule has 0 radical (unpaired) electrons. The normalized spacial score (nSPS) is 21.6. The van der Waals surface area contributed by atoms with Crippen LogP contribution in [0.25, 0.3) is 0 Å². The SMILES string of the molecule is NC1CCC(C(=O)NCCOc2ccc(C(F)(F)F)cc2)C1. The van der Waals surface area contributed by atoms with E-state index < -0.39 is 11.7 Å². The van der Waals surface area contributed by atoms with Crippen molar-refractivity contribution in [3.05, 3.63) is 29.8 Å². The van der Waals surface area contributed by atoms with Crippen molar-refractivity contribution in [2.45, 2.75) is 31.5 Å². The molecule has 3 N–H and O–H groups in total. The third-order valence-corrected chi connectivity index (χ3v) is 3.70. The number of nitrogens with two attached hydrogens (primary N) is 1. The molecule has 0 aliphatic heterocycles. The molecule has 2 atom stereocenters. The second-order valence-corrected chi connectivity index (χ2v) is 5.43. The van der Waals surface area contributed by atoms with Gasteiger partial charge in [-0.3, -0.25) is 4.79 Å². The van der Waals surface area contributed by atoms with Crippen LogP contribution in [-0.2, 0) is 11.0 Å². The highest BCUT2D eigenvalue weighted by Gasteiger charge is 2.30. The zero-order valence-electron chi connectivity index (χ0n) is 12.0. The second kappa shape index (κ2) is 7.00. The molecule has 1 aliphatic carbocycles. The Morgan fingerprint density at radius 3 is 2.50 bits per heavy atom. The largest absolute Gasteiger partial charge is 0.492 e. The van der Waals surface area contributed by atoms with Crippen LogP contribution in [0.3, 0.4) is 0 Å². The van der Waals surface area contributed by atoms with Crippen molar-refractivity contribution in [3.63, 3.8) is 0 Å². The Balaban J connectivity index is 1.69. The molecule has 1 aromatic carbocycles. The summed E-state index contributed by atoms with van der Waals surface area (Å²) in [6.45, 7) is 0.515. The summed E-state index contributed by atoms with van der Waals surface area (Å²) in [6, 6.07) is 4.56. The number of alkyl halides is 3. The molecule has 0 spiro atoms. The van der Waals surface area contributed by atoms with Gasteiger partial charge in [-0.05, 0) is 43.5 Å². The molecule has 7 heteroatoms. The molecule has 0 heterocycles. The molecule has 0 saturated heterocycles. The molecule has 122 valence electrons. The fourth-order valence-corrected chi connectivity index (χ4v) is 2.48. The second-order valence-electron chi connectivity index (χ2n) is 5.43. The van der Waals surface area contributed by atoms with Gasteiger partial charge in [0.1, 0.15) is 12.4 Å². The number of nitrogens with one attached hydrogen (secondary N) is 1. The molecule has 4 nitrogen and oxygen atoms in total. The van der Waals surface area contributed by atoms with Crippen molar-refractivity contribution in [2.24, 2.45) is 11.7 Å². The summed E-state index contributed by atoms with van der Waals surface area (Å²) in [7, 11) is 0. The quantitative estimate of drug-likeness (QED) is 0.820. The molecule has 1 aliphatic rings.